The molecule has 144 valence electrons. The van der Waals surface area contributed by atoms with Gasteiger partial charge in [0.25, 0.3) is 11.8 Å². The molecule has 28 heavy (non-hydrogen) atoms. The molecular weight excluding hydrogens is 360 g/mol. The van der Waals surface area contributed by atoms with E-state index in [9.17, 15) is 9.59 Å². The summed E-state index contributed by atoms with van der Waals surface area (Å²) in [5, 5.41) is 0. The molecule has 5 rings (SSSR count). The normalized spacial score (nSPS) is 24.0. The van der Waals surface area contributed by atoms with Crippen LogP contribution in [0.15, 0.2) is 35.2 Å². The van der Waals surface area contributed by atoms with Crippen molar-refractivity contribution in [2.45, 2.75) is 18.9 Å². The summed E-state index contributed by atoms with van der Waals surface area (Å²) >= 11 is 0. The van der Waals surface area contributed by atoms with Crippen molar-refractivity contribution in [2.24, 2.45) is 23.3 Å². The standard InChI is InChI=1S/C19H20N6O3/c20-12-4-3-10-7-24(8-11(10)12)19(27)13-6-14(15-2-1-5-28-15)25-9-22-16(17(21)26)18(25)23-13/h1-2,5-6,9-12H,3-4,7-8,20H2,(H2,21,26). The zero-order valence-electron chi connectivity index (χ0n) is 15.1. The topological polar surface area (TPSA) is 133 Å². The zero-order valence-corrected chi connectivity index (χ0v) is 15.1. The van der Waals surface area contributed by atoms with Gasteiger partial charge in [-0.1, -0.05) is 0 Å². The van der Waals surface area contributed by atoms with E-state index in [-0.39, 0.29) is 29.0 Å². The molecule has 3 atom stereocenters. The first-order chi connectivity index (χ1) is 13.5. The summed E-state index contributed by atoms with van der Waals surface area (Å²) in [7, 11) is 0. The second-order valence-corrected chi connectivity index (χ2v) is 7.53. The lowest BCUT2D eigenvalue weighted by molar-refractivity contribution is 0.0773. The molecule has 1 saturated heterocycles. The number of hydrogen-bond donors (Lipinski definition) is 2. The van der Waals surface area contributed by atoms with Gasteiger partial charge in [-0.05, 0) is 42.9 Å². The van der Waals surface area contributed by atoms with Gasteiger partial charge in [-0.15, -0.1) is 0 Å². The Kier molecular flexibility index (Phi) is 3.73. The van der Waals surface area contributed by atoms with E-state index in [0.29, 0.717) is 36.4 Å². The van der Waals surface area contributed by atoms with Gasteiger partial charge in [-0.25, -0.2) is 9.97 Å². The third-order valence-electron chi connectivity index (χ3n) is 5.93. The minimum atomic E-state index is -0.702. The van der Waals surface area contributed by atoms with E-state index >= 15 is 0 Å². The Hall–Kier alpha value is -3.20. The lowest BCUT2D eigenvalue weighted by Crippen LogP contribution is -2.34. The molecule has 9 nitrogen and oxygen atoms in total. The summed E-state index contributed by atoms with van der Waals surface area (Å²) in [6.07, 6.45) is 5.06. The van der Waals surface area contributed by atoms with Crippen LogP contribution in [0.5, 0.6) is 0 Å². The van der Waals surface area contributed by atoms with Crippen molar-refractivity contribution >= 4 is 17.5 Å². The van der Waals surface area contributed by atoms with Crippen LogP contribution >= 0.6 is 0 Å². The summed E-state index contributed by atoms with van der Waals surface area (Å²) in [5.74, 6) is 0.437. The average molecular weight is 380 g/mol. The lowest BCUT2D eigenvalue weighted by atomic mass is 9.98. The van der Waals surface area contributed by atoms with Gasteiger partial charge >= 0.3 is 0 Å². The maximum atomic E-state index is 13.2. The highest BCUT2D eigenvalue weighted by molar-refractivity contribution is 5.99. The number of aromatic nitrogens is 3. The van der Waals surface area contributed by atoms with Crippen LogP contribution < -0.4 is 11.5 Å². The third-order valence-corrected chi connectivity index (χ3v) is 5.93. The predicted octanol–water partition coefficient (Wildman–Crippen LogP) is 0.897. The molecule has 1 aliphatic heterocycles. The van der Waals surface area contributed by atoms with E-state index in [2.05, 4.69) is 9.97 Å². The average Bonchev–Trinajstić information content (AvgIpc) is 3.45. The summed E-state index contributed by atoms with van der Waals surface area (Å²) in [6, 6.07) is 5.33. The SMILES string of the molecule is NC(=O)c1ncn2c(-c3ccco3)cc(C(=O)N3CC4CCC(N)C4C3)nc12. The Morgan fingerprint density at radius 3 is 2.82 bits per heavy atom. The molecule has 3 aromatic rings. The van der Waals surface area contributed by atoms with Crippen LogP contribution in [0, 0.1) is 11.8 Å². The van der Waals surface area contributed by atoms with E-state index < -0.39 is 5.91 Å². The predicted molar refractivity (Wildman–Crippen MR) is 99.3 cm³/mol. The maximum absolute atomic E-state index is 13.2. The first kappa shape index (κ1) is 16.9. The van der Waals surface area contributed by atoms with Crippen LogP contribution in [0.25, 0.3) is 17.1 Å². The number of primary amides is 1. The quantitative estimate of drug-likeness (QED) is 0.693. The van der Waals surface area contributed by atoms with Crippen LogP contribution in [0.2, 0.25) is 0 Å². The van der Waals surface area contributed by atoms with Crippen molar-refractivity contribution in [3.05, 3.63) is 42.2 Å². The van der Waals surface area contributed by atoms with Gasteiger partial charge in [-0.3, -0.25) is 14.0 Å². The van der Waals surface area contributed by atoms with Crippen molar-refractivity contribution in [1.29, 1.82) is 0 Å². The zero-order chi connectivity index (χ0) is 19.4. The summed E-state index contributed by atoms with van der Waals surface area (Å²) in [4.78, 5) is 35.2. The van der Waals surface area contributed by atoms with Gasteiger partial charge in [0, 0.05) is 19.1 Å². The molecule has 1 aliphatic carbocycles. The Bertz CT molecular complexity index is 1070. The second kappa shape index (κ2) is 6.16. The molecule has 0 radical (unpaired) electrons. The molecule has 3 unspecified atom stereocenters. The van der Waals surface area contributed by atoms with Crippen LogP contribution in [0.3, 0.4) is 0 Å². The summed E-state index contributed by atoms with van der Waals surface area (Å²) in [6.45, 7) is 1.32. The Balaban J connectivity index is 1.58. The van der Waals surface area contributed by atoms with E-state index in [4.69, 9.17) is 15.9 Å². The molecule has 3 aromatic heterocycles. The van der Waals surface area contributed by atoms with Gasteiger partial charge in [0.05, 0.1) is 12.0 Å². The number of likely N-dealkylation sites (tertiary alicyclic amines) is 1. The number of furan rings is 1. The van der Waals surface area contributed by atoms with Crippen LogP contribution in [0.4, 0.5) is 0 Å². The number of nitrogens with zero attached hydrogens (tertiary/aromatic N) is 4. The Labute approximate surface area is 160 Å². The highest BCUT2D eigenvalue weighted by Crippen LogP contribution is 2.37. The molecule has 4 N–H and O–H groups in total. The molecule has 1 saturated carbocycles. The largest absolute Gasteiger partial charge is 0.463 e. The first-order valence-electron chi connectivity index (χ1n) is 9.29. The van der Waals surface area contributed by atoms with Crippen molar-refractivity contribution in [1.82, 2.24) is 19.3 Å². The number of carbonyl (C=O) groups excluding carboxylic acids is 2. The van der Waals surface area contributed by atoms with E-state index in [1.165, 1.54) is 12.6 Å². The molecule has 0 spiro atoms. The van der Waals surface area contributed by atoms with Crippen molar-refractivity contribution in [3.63, 3.8) is 0 Å². The molecule has 2 amide bonds. The van der Waals surface area contributed by atoms with Crippen molar-refractivity contribution in [2.75, 3.05) is 13.1 Å². The van der Waals surface area contributed by atoms with Gasteiger partial charge in [0.1, 0.15) is 12.0 Å². The highest BCUT2D eigenvalue weighted by atomic mass is 16.3. The maximum Gasteiger partial charge on any atom is 0.272 e. The fourth-order valence-corrected chi connectivity index (χ4v) is 4.50. The van der Waals surface area contributed by atoms with Gasteiger partial charge in [0.15, 0.2) is 17.1 Å². The van der Waals surface area contributed by atoms with Crippen molar-refractivity contribution in [3.8, 4) is 11.5 Å². The second-order valence-electron chi connectivity index (χ2n) is 7.53. The highest BCUT2D eigenvalue weighted by Gasteiger charge is 2.43. The molecule has 2 aliphatic rings. The molecule has 0 aromatic carbocycles. The van der Waals surface area contributed by atoms with Gasteiger partial charge in [0.2, 0.25) is 0 Å². The molecule has 9 heteroatoms. The van der Waals surface area contributed by atoms with Crippen LogP contribution in [-0.4, -0.2) is 50.2 Å². The number of rotatable bonds is 3. The fourth-order valence-electron chi connectivity index (χ4n) is 4.50. The first-order valence-corrected chi connectivity index (χ1v) is 9.29. The monoisotopic (exact) mass is 380 g/mol. The molecular formula is C19H20N6O3. The lowest BCUT2D eigenvalue weighted by Gasteiger charge is -2.19. The van der Waals surface area contributed by atoms with Crippen molar-refractivity contribution < 1.29 is 14.0 Å². The summed E-state index contributed by atoms with van der Waals surface area (Å²) < 4.78 is 7.10. The molecule has 2 fully saturated rings. The number of amides is 2. The van der Waals surface area contributed by atoms with Gasteiger partial charge < -0.3 is 20.8 Å². The van der Waals surface area contributed by atoms with Crippen LogP contribution in [0.1, 0.15) is 33.8 Å². The van der Waals surface area contributed by atoms with Crippen LogP contribution in [-0.2, 0) is 0 Å². The number of hydrogen-bond acceptors (Lipinski definition) is 6. The Morgan fingerprint density at radius 1 is 1.25 bits per heavy atom. The van der Waals surface area contributed by atoms with Gasteiger partial charge in [-0.2, -0.15) is 0 Å². The molecule has 4 heterocycles. The smallest absolute Gasteiger partial charge is 0.272 e. The number of nitrogens with two attached hydrogens (primary N) is 2. The number of fused-ring (bicyclic) bond motifs is 2. The molecule has 0 bridgehead atoms. The fraction of sp³-hybridized carbons (Fsp3) is 0.368. The Morgan fingerprint density at radius 2 is 2.11 bits per heavy atom. The van der Waals surface area contributed by atoms with E-state index in [1.807, 2.05) is 0 Å². The number of carbonyl (C=O) groups is 2. The van der Waals surface area contributed by atoms with E-state index in [0.717, 1.165) is 12.8 Å². The minimum Gasteiger partial charge on any atom is -0.463 e. The number of imidazole rings is 1. The minimum absolute atomic E-state index is 0.0165. The van der Waals surface area contributed by atoms with E-state index in [1.54, 1.807) is 27.5 Å². The third kappa shape index (κ3) is 2.50. The summed E-state index contributed by atoms with van der Waals surface area (Å²) in [5.41, 5.74) is 12.7.